The zero-order valence-electron chi connectivity index (χ0n) is 67.9. The number of aromatic nitrogens is 4. The van der Waals surface area contributed by atoms with Crippen LogP contribution in [-0.4, -0.2) is 214 Å². The molecule has 0 bridgehead atoms. The third-order valence-corrected chi connectivity index (χ3v) is 20.3. The minimum atomic E-state index is -1.56. The lowest BCUT2D eigenvalue weighted by molar-refractivity contribution is -0.136. The number of aromatic amines is 4. The Kier molecular flexibility index (Phi) is 35.1. The fourth-order valence-electron chi connectivity index (χ4n) is 13.8. The van der Waals surface area contributed by atoms with E-state index in [1.807, 2.05) is 42.5 Å². The van der Waals surface area contributed by atoms with Gasteiger partial charge in [0.05, 0.1) is 6.04 Å². The largest absolute Gasteiger partial charge is 0.370 e. The number of fused-ring (bicyclic) bond motifs is 4. The Bertz CT molecular complexity index is 5030. The maximum atomic E-state index is 15.2. The van der Waals surface area contributed by atoms with Gasteiger partial charge in [-0.3, -0.25) is 79.8 Å². The van der Waals surface area contributed by atoms with E-state index in [-0.39, 0.29) is 134 Å². The summed E-state index contributed by atoms with van der Waals surface area (Å²) in [5.74, 6) is -11.3. The second-order valence-corrected chi connectivity index (χ2v) is 29.6. The average Bonchev–Trinajstić information content (AvgIpc) is 1.66. The van der Waals surface area contributed by atoms with Crippen LogP contribution in [0.4, 0.5) is 0 Å². The van der Waals surface area contributed by atoms with Crippen LogP contribution < -0.4 is 120 Å². The Morgan fingerprint density at radius 2 is 0.500 bits per heavy atom. The van der Waals surface area contributed by atoms with Gasteiger partial charge in [-0.05, 0) is 125 Å². The molecule has 0 aliphatic carbocycles. The molecule has 0 fully saturated rings. The van der Waals surface area contributed by atoms with Gasteiger partial charge in [0.2, 0.25) is 65.0 Å². The second-order valence-electron chi connectivity index (χ2n) is 29.6. The van der Waals surface area contributed by atoms with Gasteiger partial charge in [-0.2, -0.15) is 0 Å². The zero-order valence-corrected chi connectivity index (χ0v) is 67.9. The van der Waals surface area contributed by atoms with Crippen molar-refractivity contribution in [1.82, 2.24) is 99.7 Å². The molecule has 42 heteroatoms. The molecule has 8 rings (SSSR count). The Hall–Kier alpha value is -14.5. The van der Waals surface area contributed by atoms with Gasteiger partial charge in [0.25, 0.3) is 0 Å². The van der Waals surface area contributed by atoms with E-state index in [1.54, 1.807) is 79.4 Å². The Labute approximate surface area is 702 Å². The lowest BCUT2D eigenvalue weighted by Gasteiger charge is -2.28. The van der Waals surface area contributed by atoms with Crippen molar-refractivity contribution in [1.29, 1.82) is 27.0 Å². The molecule has 0 saturated carbocycles. The van der Waals surface area contributed by atoms with Gasteiger partial charge in [-0.25, -0.2) is 0 Å². The van der Waals surface area contributed by atoms with Crippen LogP contribution in [0.2, 0.25) is 0 Å². The monoisotopic (exact) mass is 1680 g/mol. The fourth-order valence-corrected chi connectivity index (χ4v) is 13.8. The number of nitrogens with two attached hydrogens (primary N) is 7. The normalized spacial score (nSPS) is 13.9. The second kappa shape index (κ2) is 46.0. The summed E-state index contributed by atoms with van der Waals surface area (Å²) in [5, 5.41) is 81.7. The first-order chi connectivity index (χ1) is 58.3. The number of primary amides is 1. The van der Waals surface area contributed by atoms with Crippen LogP contribution in [0.15, 0.2) is 122 Å². The summed E-state index contributed by atoms with van der Waals surface area (Å²) < 4.78 is 0. The number of nitrogens with one attached hydrogen (secondary N) is 24. The Balaban J connectivity index is 1.04. The van der Waals surface area contributed by atoms with E-state index in [0.717, 1.165) is 21.8 Å². The van der Waals surface area contributed by atoms with Crippen LogP contribution in [0.3, 0.4) is 0 Å². The molecule has 38 N–H and O–H groups in total. The predicted octanol–water partition coefficient (Wildman–Crippen LogP) is -3.10. The maximum absolute atomic E-state index is 15.2. The van der Waals surface area contributed by atoms with Crippen LogP contribution in [0.25, 0.3) is 43.6 Å². The molecule has 42 nitrogen and oxygen atoms in total. The van der Waals surface area contributed by atoms with Crippen LogP contribution in [0.5, 0.6) is 0 Å². The summed E-state index contributed by atoms with van der Waals surface area (Å²) in [6.07, 6.45) is 6.52. The van der Waals surface area contributed by atoms with Gasteiger partial charge in [0.15, 0.2) is 29.8 Å². The van der Waals surface area contributed by atoms with Crippen molar-refractivity contribution in [3.8, 4) is 0 Å². The van der Waals surface area contributed by atoms with E-state index in [4.69, 9.17) is 67.2 Å². The molecule has 0 unspecified atom stereocenters. The summed E-state index contributed by atoms with van der Waals surface area (Å²) in [4.78, 5) is 173. The molecule has 0 radical (unpaired) electrons. The molecule has 0 saturated heterocycles. The van der Waals surface area contributed by atoms with Gasteiger partial charge in [-0.1, -0.05) is 72.8 Å². The molecule has 0 aliphatic heterocycles. The van der Waals surface area contributed by atoms with E-state index in [1.165, 1.54) is 13.8 Å². The third-order valence-electron chi connectivity index (χ3n) is 20.3. The number of amides is 11. The van der Waals surface area contributed by atoms with Gasteiger partial charge < -0.3 is 140 Å². The molecule has 8 aromatic rings. The number of hydrogen-bond acceptors (Lipinski definition) is 17. The molecule has 11 amide bonds. The van der Waals surface area contributed by atoms with E-state index in [0.29, 0.717) is 50.5 Å². The van der Waals surface area contributed by atoms with E-state index in [9.17, 15) is 33.6 Å². The highest BCUT2D eigenvalue weighted by Gasteiger charge is 2.37. The highest BCUT2D eigenvalue weighted by atomic mass is 16.2. The maximum Gasteiger partial charge on any atom is 0.243 e. The summed E-state index contributed by atoms with van der Waals surface area (Å²) in [6.45, 7) is 3.18. The zero-order chi connectivity index (χ0) is 88.5. The summed E-state index contributed by atoms with van der Waals surface area (Å²) in [7, 11) is 0. The van der Waals surface area contributed by atoms with E-state index < -0.39 is 143 Å². The van der Waals surface area contributed by atoms with Crippen LogP contribution >= 0.6 is 0 Å². The first-order valence-electron chi connectivity index (χ1n) is 40.0. The van der Waals surface area contributed by atoms with Crippen molar-refractivity contribution in [2.75, 3.05) is 32.7 Å². The van der Waals surface area contributed by atoms with Gasteiger partial charge in [0.1, 0.15) is 60.4 Å². The first-order valence-corrected chi connectivity index (χ1v) is 40.0. The number of guanidine groups is 5. The molecule has 0 spiro atoms. The number of hydrogen-bond donors (Lipinski definition) is 31. The number of para-hydroxylation sites is 4. The van der Waals surface area contributed by atoms with E-state index >= 15 is 19.2 Å². The standard InChI is InChI=1S/C80H113N31O11/c1-42(102-72(119)61(34-44-38-98-53-21-7-3-16-48(44)53)108-68(115)52(81)20-11-29-93-76(83)84)66(113)105-58(26-13-31-95-78(87)88)69(116)107-60(28-15-33-97-80(91)92)71(118)109-62(35-45-39-99-54-22-8-4-17-49(45)54)73(120)103-43(2)67(114)106-59(27-14-32-96-79(89)90)70(117)110-64(37-47-41-101-56-24-10-6-19-51(47)56)75(122)111-63(36-46-40-100-55-23-9-5-18-50(46)55)74(121)104-57(65(82)112)25-12-30-94-77(85)86/h3-10,16-19,21-24,38-43,52,57-64,98-101H,11-15,20,25-37,81H2,1-2H3,(H2,82,112)(H,102,119)(H,103,120)(H,104,121)(H,105,113)(H,106,114)(H,107,116)(H,108,115)(H,109,118)(H,110,117)(H,111,122)(H4,83,84,93)(H4,85,86,94)(H4,87,88,95)(H4,89,90,96)(H4,91,92,97)/t42-,43-,52-,57-,58-,59-,60-,61-,62-,63-,64-/m0/s1. The van der Waals surface area contributed by atoms with Crippen LogP contribution in [-0.2, 0) is 78.4 Å². The number of carbonyl (C=O) groups excluding carboxylic acids is 11. The van der Waals surface area contributed by atoms with Crippen molar-refractivity contribution >= 4 is 138 Å². The van der Waals surface area contributed by atoms with Crippen molar-refractivity contribution in [2.24, 2.45) is 40.1 Å². The smallest absolute Gasteiger partial charge is 0.243 e. The first kappa shape index (κ1) is 93.0. The molecule has 654 valence electrons. The van der Waals surface area contributed by atoms with Gasteiger partial charge in [0, 0.05) is 127 Å². The molecule has 122 heavy (non-hydrogen) atoms. The average molecular weight is 1680 g/mol. The summed E-state index contributed by atoms with van der Waals surface area (Å²) >= 11 is 0. The van der Waals surface area contributed by atoms with Crippen LogP contribution in [0.1, 0.15) is 100 Å². The fraction of sp³-hybridized carbons (Fsp3) is 0.400. The lowest BCUT2D eigenvalue weighted by atomic mass is 10.0. The Morgan fingerprint density at radius 1 is 0.287 bits per heavy atom. The SMILES string of the molecule is C[C@H](NC(=O)[C@H](Cc1c[nH]c2ccccc12)NC(=O)[C@H](CCCNC(=N)N)NC(=O)[C@H](CCCNC(=N)N)NC(=O)[C@H](C)NC(=O)[C@H](Cc1c[nH]c2ccccc12)NC(=O)[C@@H](N)CCCNC(=N)N)C(=O)N[C@@H](CCCNC(=N)N)C(=O)N[C@@H](Cc1c[nH]c2ccccc12)C(=O)N[C@@H](Cc1c[nH]c2ccccc12)C(=O)N[C@@H](CCCNC(=N)N)C(N)=O. The summed E-state index contributed by atoms with van der Waals surface area (Å²) in [6, 6.07) is 13.3. The molecule has 4 aromatic heterocycles. The van der Waals surface area contributed by atoms with Crippen molar-refractivity contribution in [3.63, 3.8) is 0 Å². The molecule has 0 aliphatic rings. The third kappa shape index (κ3) is 28.7. The molecule has 4 aromatic carbocycles. The van der Waals surface area contributed by atoms with Gasteiger partial charge >= 0.3 is 0 Å². The topological polar surface area (TPSA) is 733 Å². The highest BCUT2D eigenvalue weighted by Crippen LogP contribution is 2.25. The van der Waals surface area contributed by atoms with Crippen molar-refractivity contribution < 1.29 is 52.7 Å². The predicted molar refractivity (Wildman–Crippen MR) is 462 cm³/mol. The number of H-pyrrole nitrogens is 4. The number of rotatable bonds is 49. The number of carbonyl (C=O) groups is 11. The van der Waals surface area contributed by atoms with Crippen molar-refractivity contribution in [2.45, 2.75) is 170 Å². The minimum absolute atomic E-state index is 0.0156. The highest BCUT2D eigenvalue weighted by molar-refractivity contribution is 6.01. The quantitative estimate of drug-likeness (QED) is 0.0102. The van der Waals surface area contributed by atoms with Crippen molar-refractivity contribution in [3.05, 3.63) is 144 Å². The van der Waals surface area contributed by atoms with Gasteiger partial charge in [-0.15, -0.1) is 0 Å². The molecular weight excluding hydrogens is 1570 g/mol. The molecular formula is C80H113N31O11. The molecule has 4 heterocycles. The molecule has 11 atom stereocenters. The lowest BCUT2D eigenvalue weighted by Crippen LogP contribution is -2.61. The van der Waals surface area contributed by atoms with Crippen LogP contribution in [0, 0.1) is 27.0 Å². The Morgan fingerprint density at radius 3 is 0.770 bits per heavy atom. The number of benzene rings is 4. The summed E-state index contributed by atoms with van der Waals surface area (Å²) in [5.41, 5.74) is 45.0. The minimum Gasteiger partial charge on any atom is -0.370 e. The van der Waals surface area contributed by atoms with E-state index in [2.05, 4.69) is 99.7 Å².